The first kappa shape index (κ1) is 19.9. The Labute approximate surface area is 162 Å². The molecular weight excluding hydrogens is 393 g/mol. The van der Waals surface area contributed by atoms with Gasteiger partial charge in [0.05, 0.1) is 5.56 Å². The van der Waals surface area contributed by atoms with Crippen LogP contribution < -0.4 is 15.8 Å². The summed E-state index contributed by atoms with van der Waals surface area (Å²) in [6.45, 7) is -0.152. The maximum absolute atomic E-state index is 14.4. The lowest BCUT2D eigenvalue weighted by Gasteiger charge is -2.36. The summed E-state index contributed by atoms with van der Waals surface area (Å²) < 4.78 is 52.5. The lowest BCUT2D eigenvalue weighted by molar-refractivity contribution is -0.118. The Morgan fingerprint density at radius 3 is 2.79 bits per heavy atom. The molecule has 0 aliphatic carbocycles. The highest BCUT2D eigenvalue weighted by molar-refractivity contribution is 5.85. The van der Waals surface area contributed by atoms with Gasteiger partial charge in [-0.05, 0) is 25.1 Å². The Morgan fingerprint density at radius 2 is 2.14 bits per heavy atom. The molecule has 2 aromatic rings. The molecule has 0 bridgehead atoms. The molecule has 0 radical (unpaired) electrons. The molecule has 0 spiro atoms. The number of aromatic nitrogens is 2. The van der Waals surface area contributed by atoms with Crippen molar-refractivity contribution >= 4 is 17.9 Å². The molecule has 3 heterocycles. The molecule has 0 fully saturated rings. The predicted octanol–water partition coefficient (Wildman–Crippen LogP) is 2.29. The number of alkyl halides is 2. The van der Waals surface area contributed by atoms with Crippen molar-refractivity contribution in [3.8, 4) is 11.9 Å². The number of ether oxygens (including phenoxy) is 2. The van der Waals surface area contributed by atoms with Crippen LogP contribution in [-0.4, -0.2) is 34.6 Å². The fourth-order valence-electron chi connectivity index (χ4n) is 2.45. The summed E-state index contributed by atoms with van der Waals surface area (Å²) in [6, 6.07) is 5.87. The molecule has 0 aromatic carbocycles. The number of nitrogens with one attached hydrogen (secondary N) is 1. The van der Waals surface area contributed by atoms with E-state index in [1.54, 1.807) is 0 Å². The molecule has 0 saturated heterocycles. The molecule has 1 atom stereocenters. The van der Waals surface area contributed by atoms with E-state index in [9.17, 15) is 18.0 Å². The van der Waals surface area contributed by atoms with Gasteiger partial charge in [-0.1, -0.05) is 0 Å². The van der Waals surface area contributed by atoms with E-state index in [1.165, 1.54) is 18.3 Å². The molecule has 0 saturated carbocycles. The first-order chi connectivity index (χ1) is 13.6. The quantitative estimate of drug-likeness (QED) is 0.798. The van der Waals surface area contributed by atoms with Gasteiger partial charge in [0.1, 0.15) is 23.4 Å². The van der Waals surface area contributed by atoms with E-state index in [2.05, 4.69) is 25.0 Å². The largest absolute Gasteiger partial charge is 0.459 e. The summed E-state index contributed by atoms with van der Waals surface area (Å²) in [7, 11) is 0. The molecule has 3 N–H and O–H groups in total. The molecule has 29 heavy (non-hydrogen) atoms. The summed E-state index contributed by atoms with van der Waals surface area (Å²) in [5, 5.41) is 10.9. The van der Waals surface area contributed by atoms with Gasteiger partial charge in [-0.2, -0.15) is 14.0 Å². The van der Waals surface area contributed by atoms with Crippen LogP contribution in [0.4, 0.5) is 23.8 Å². The highest BCUT2D eigenvalue weighted by Crippen LogP contribution is 2.43. The van der Waals surface area contributed by atoms with Crippen molar-refractivity contribution in [1.82, 2.24) is 9.97 Å². The monoisotopic (exact) mass is 406 g/mol. The minimum absolute atomic E-state index is 0.121. The molecular formula is C17H13F3N6O3. The van der Waals surface area contributed by atoms with Crippen molar-refractivity contribution in [3.05, 3.63) is 47.5 Å². The minimum atomic E-state index is -3.62. The third-order valence-electron chi connectivity index (χ3n) is 4.05. The summed E-state index contributed by atoms with van der Waals surface area (Å²) in [4.78, 5) is 23.0. The van der Waals surface area contributed by atoms with Crippen LogP contribution in [0.2, 0.25) is 0 Å². The zero-order valence-corrected chi connectivity index (χ0v) is 14.8. The number of nitriles is 1. The number of nitrogens with two attached hydrogens (primary N) is 1. The van der Waals surface area contributed by atoms with E-state index in [0.29, 0.717) is 0 Å². The van der Waals surface area contributed by atoms with Gasteiger partial charge in [0.15, 0.2) is 12.1 Å². The van der Waals surface area contributed by atoms with Gasteiger partial charge in [0.25, 0.3) is 6.02 Å². The van der Waals surface area contributed by atoms with Gasteiger partial charge >= 0.3 is 12.0 Å². The third-order valence-corrected chi connectivity index (χ3v) is 4.05. The predicted molar refractivity (Wildman–Crippen MR) is 92.7 cm³/mol. The van der Waals surface area contributed by atoms with Crippen LogP contribution in [0.3, 0.4) is 0 Å². The Bertz CT molecular complexity index is 1020. The molecule has 2 aromatic heterocycles. The van der Waals surface area contributed by atoms with Crippen LogP contribution in [0.15, 0.2) is 35.5 Å². The summed E-state index contributed by atoms with van der Waals surface area (Å²) >= 11 is 0. The Hall–Kier alpha value is -3.88. The number of nitrogens with zero attached hydrogens (tertiary/aromatic N) is 4. The summed E-state index contributed by atoms with van der Waals surface area (Å²) in [5.74, 6) is -5.07. The number of carbonyl (C=O) groups is 1. The molecule has 150 valence electrons. The topological polar surface area (TPSA) is 136 Å². The van der Waals surface area contributed by atoms with Crippen molar-refractivity contribution in [2.24, 2.45) is 10.7 Å². The second-order valence-corrected chi connectivity index (χ2v) is 6.05. The lowest BCUT2D eigenvalue weighted by atomic mass is 9.89. The Morgan fingerprint density at radius 1 is 1.38 bits per heavy atom. The van der Waals surface area contributed by atoms with Crippen molar-refractivity contribution in [1.29, 1.82) is 5.26 Å². The second-order valence-electron chi connectivity index (χ2n) is 6.05. The summed E-state index contributed by atoms with van der Waals surface area (Å²) in [6.07, 6.45) is 0.132. The van der Waals surface area contributed by atoms with Crippen molar-refractivity contribution in [2.75, 3.05) is 11.9 Å². The molecule has 0 unspecified atom stereocenters. The molecule has 12 heteroatoms. The van der Waals surface area contributed by atoms with E-state index < -0.39 is 41.7 Å². The molecule has 1 aliphatic heterocycles. The lowest BCUT2D eigenvalue weighted by Crippen LogP contribution is -2.51. The average Bonchev–Trinajstić information content (AvgIpc) is 2.67. The van der Waals surface area contributed by atoms with Gasteiger partial charge in [0.2, 0.25) is 5.88 Å². The molecule has 9 nitrogen and oxygen atoms in total. The van der Waals surface area contributed by atoms with Gasteiger partial charge in [-0.25, -0.2) is 24.1 Å². The normalized spacial score (nSPS) is 20.0. The number of halogens is 3. The molecule has 3 rings (SSSR count). The smallest absolute Gasteiger partial charge is 0.419 e. The number of aliphatic imine (C=N–C) groups is 1. The zero-order chi connectivity index (χ0) is 21.2. The Kier molecular flexibility index (Phi) is 4.98. The van der Waals surface area contributed by atoms with E-state index in [4.69, 9.17) is 15.7 Å². The fourth-order valence-corrected chi connectivity index (χ4v) is 2.45. The first-order valence-electron chi connectivity index (χ1n) is 8.02. The first-order valence-corrected chi connectivity index (χ1v) is 8.02. The van der Waals surface area contributed by atoms with Crippen LogP contribution in [0.5, 0.6) is 5.88 Å². The van der Waals surface area contributed by atoms with Crippen LogP contribution >= 0.6 is 0 Å². The van der Waals surface area contributed by atoms with Gasteiger partial charge in [-0.3, -0.25) is 5.32 Å². The standard InChI is InChI=1S/C17H13F3N6O3/c1-16(17(19,20)8-28-14(22)26-16)13-10(18)3-4-11(24-13)25-15(27)29-12-5-2-9(6-21)7-23-12/h2-5,7H,8H2,1H3,(H2,22,26)(H,24,25,27)/t16-/m1/s1. The van der Waals surface area contributed by atoms with E-state index in [0.717, 1.165) is 19.1 Å². The zero-order valence-electron chi connectivity index (χ0n) is 14.8. The van der Waals surface area contributed by atoms with E-state index in [1.807, 2.05) is 6.07 Å². The molecule has 1 aliphatic rings. The van der Waals surface area contributed by atoms with Gasteiger partial charge in [0, 0.05) is 12.3 Å². The number of hydrogen-bond acceptors (Lipinski definition) is 8. The average molecular weight is 406 g/mol. The maximum Gasteiger partial charge on any atom is 0.419 e. The van der Waals surface area contributed by atoms with Crippen molar-refractivity contribution < 1.29 is 27.4 Å². The van der Waals surface area contributed by atoms with Crippen molar-refractivity contribution in [2.45, 2.75) is 18.4 Å². The van der Waals surface area contributed by atoms with E-state index in [-0.39, 0.29) is 17.3 Å². The fraction of sp³-hybridized carbons (Fsp3) is 0.235. The summed E-state index contributed by atoms with van der Waals surface area (Å²) in [5.41, 5.74) is 2.45. The van der Waals surface area contributed by atoms with Crippen molar-refractivity contribution in [3.63, 3.8) is 0 Å². The van der Waals surface area contributed by atoms with Gasteiger partial charge < -0.3 is 15.2 Å². The number of carbonyl (C=O) groups excluding carboxylic acids is 1. The second kappa shape index (κ2) is 7.27. The van der Waals surface area contributed by atoms with Crippen LogP contribution in [0, 0.1) is 17.1 Å². The van der Waals surface area contributed by atoms with Crippen LogP contribution in [0.1, 0.15) is 18.2 Å². The number of pyridine rings is 2. The van der Waals surface area contributed by atoms with Crippen LogP contribution in [0.25, 0.3) is 0 Å². The number of rotatable bonds is 3. The number of anilines is 1. The molecule has 1 amide bonds. The van der Waals surface area contributed by atoms with Gasteiger partial charge in [-0.15, -0.1) is 0 Å². The maximum atomic E-state index is 14.4. The number of amidine groups is 1. The van der Waals surface area contributed by atoms with Crippen LogP contribution in [-0.2, 0) is 10.3 Å². The highest BCUT2D eigenvalue weighted by Gasteiger charge is 2.57. The highest BCUT2D eigenvalue weighted by atomic mass is 19.3. The SMILES string of the molecule is C[C@]1(c2nc(NC(=O)Oc3ccc(C#N)cn3)ccc2F)N=C(N)OCC1(F)F. The van der Waals surface area contributed by atoms with E-state index >= 15 is 0 Å². The Balaban J connectivity index is 1.84. The number of hydrogen-bond donors (Lipinski definition) is 2. The number of amides is 1. The minimum Gasteiger partial charge on any atom is -0.459 e. The third kappa shape index (κ3) is 3.88.